The van der Waals surface area contributed by atoms with Gasteiger partial charge in [0.05, 0.1) is 36.5 Å². The minimum absolute atomic E-state index is 0.0440. The predicted octanol–water partition coefficient (Wildman–Crippen LogP) is 1.19. The van der Waals surface area contributed by atoms with Gasteiger partial charge in [-0.25, -0.2) is 4.39 Å². The zero-order valence-corrected chi connectivity index (χ0v) is 19.3. The van der Waals surface area contributed by atoms with Crippen molar-refractivity contribution in [1.29, 1.82) is 0 Å². The van der Waals surface area contributed by atoms with Gasteiger partial charge in [-0.3, -0.25) is 19.4 Å². The topological polar surface area (TPSA) is 93.6 Å². The highest BCUT2D eigenvalue weighted by atomic mass is 19.1. The molecule has 0 bridgehead atoms. The number of halogens is 1. The average Bonchev–Trinajstić information content (AvgIpc) is 2.95. The second-order valence-corrected chi connectivity index (χ2v) is 9.67. The first-order valence-electron chi connectivity index (χ1n) is 11.8. The molecular formula is C24H34FN3O5. The Bertz CT molecular complexity index is 875. The fourth-order valence-electron chi connectivity index (χ4n) is 5.18. The lowest BCUT2D eigenvalue weighted by molar-refractivity contribution is -0.144. The van der Waals surface area contributed by atoms with Crippen molar-refractivity contribution in [3.8, 4) is 5.75 Å². The molecule has 2 saturated heterocycles. The van der Waals surface area contributed by atoms with Gasteiger partial charge < -0.3 is 19.8 Å². The van der Waals surface area contributed by atoms with Gasteiger partial charge in [-0.05, 0) is 45.2 Å². The summed E-state index contributed by atoms with van der Waals surface area (Å²) >= 11 is 0. The lowest BCUT2D eigenvalue weighted by atomic mass is 9.77. The average molecular weight is 464 g/mol. The van der Waals surface area contributed by atoms with Crippen LogP contribution in [0.5, 0.6) is 5.75 Å². The molecule has 0 aromatic heterocycles. The van der Waals surface area contributed by atoms with E-state index in [2.05, 4.69) is 9.80 Å². The molecule has 1 saturated carbocycles. The Morgan fingerprint density at radius 1 is 1.15 bits per heavy atom. The second-order valence-electron chi connectivity index (χ2n) is 9.67. The number of para-hydroxylation sites is 2. The van der Waals surface area contributed by atoms with Crippen molar-refractivity contribution in [2.24, 2.45) is 5.92 Å². The summed E-state index contributed by atoms with van der Waals surface area (Å²) < 4.78 is 21.1. The number of aliphatic hydroxyl groups is 2. The van der Waals surface area contributed by atoms with Crippen molar-refractivity contribution in [1.82, 2.24) is 9.80 Å². The number of carbonyl (C=O) groups is 2. The minimum Gasteiger partial charge on any atom is -0.489 e. The number of hydrogen-bond donors (Lipinski definition) is 2. The molecule has 33 heavy (non-hydrogen) atoms. The van der Waals surface area contributed by atoms with Gasteiger partial charge in [-0.15, -0.1) is 0 Å². The van der Waals surface area contributed by atoms with E-state index in [1.165, 1.54) is 0 Å². The Morgan fingerprint density at radius 3 is 2.55 bits per heavy atom. The van der Waals surface area contributed by atoms with Gasteiger partial charge in [0.2, 0.25) is 11.6 Å². The lowest BCUT2D eigenvalue weighted by Gasteiger charge is -2.37. The number of ether oxygens (including phenoxy) is 1. The zero-order chi connectivity index (χ0) is 23.8. The first-order valence-corrected chi connectivity index (χ1v) is 11.8. The summed E-state index contributed by atoms with van der Waals surface area (Å²) in [5.74, 6) is -1.78. The number of anilines is 1. The molecule has 9 heteroatoms. The lowest BCUT2D eigenvalue weighted by Crippen LogP contribution is -2.51. The quantitative estimate of drug-likeness (QED) is 0.587. The number of benzene rings is 1. The van der Waals surface area contributed by atoms with Crippen LogP contribution in [0.4, 0.5) is 10.1 Å². The molecule has 4 rings (SSSR count). The molecule has 2 heterocycles. The van der Waals surface area contributed by atoms with Gasteiger partial charge in [0.1, 0.15) is 5.75 Å². The molecule has 8 nitrogen and oxygen atoms in total. The van der Waals surface area contributed by atoms with E-state index in [9.17, 15) is 19.8 Å². The SMILES string of the molecule is CC(C)Oc1ccccc1N1CCN(CC(O)CN2C(=O)C3CC(O)CCC3(F)C2=O)CC1. The number of amides is 2. The van der Waals surface area contributed by atoms with Gasteiger partial charge >= 0.3 is 0 Å². The molecular weight excluding hydrogens is 429 g/mol. The number of alkyl halides is 1. The van der Waals surface area contributed by atoms with E-state index in [1.807, 2.05) is 38.1 Å². The Morgan fingerprint density at radius 2 is 1.85 bits per heavy atom. The van der Waals surface area contributed by atoms with Crippen molar-refractivity contribution in [3.63, 3.8) is 0 Å². The van der Waals surface area contributed by atoms with E-state index in [0.717, 1.165) is 29.4 Å². The maximum Gasteiger partial charge on any atom is 0.267 e. The summed E-state index contributed by atoms with van der Waals surface area (Å²) in [5, 5.41) is 20.4. The third-order valence-corrected chi connectivity index (χ3v) is 6.87. The Balaban J connectivity index is 1.31. The summed E-state index contributed by atoms with van der Waals surface area (Å²) in [7, 11) is 0. The Labute approximate surface area is 193 Å². The number of likely N-dealkylation sites (tertiary alicyclic amines) is 1. The highest BCUT2D eigenvalue weighted by Crippen LogP contribution is 2.44. The minimum atomic E-state index is -2.24. The third kappa shape index (κ3) is 4.85. The van der Waals surface area contributed by atoms with E-state index < -0.39 is 35.6 Å². The fourth-order valence-corrected chi connectivity index (χ4v) is 5.18. The number of imide groups is 1. The molecule has 4 atom stereocenters. The summed E-state index contributed by atoms with van der Waals surface area (Å²) in [6.07, 6.45) is -1.69. The molecule has 1 aliphatic carbocycles. The zero-order valence-electron chi connectivity index (χ0n) is 19.3. The first-order chi connectivity index (χ1) is 15.7. The summed E-state index contributed by atoms with van der Waals surface area (Å²) in [5.41, 5.74) is -1.20. The molecule has 1 aromatic rings. The number of fused-ring (bicyclic) bond motifs is 1. The van der Waals surface area contributed by atoms with Crippen LogP contribution in [0.25, 0.3) is 0 Å². The van der Waals surface area contributed by atoms with E-state index in [4.69, 9.17) is 4.74 Å². The van der Waals surface area contributed by atoms with Gasteiger partial charge in [0.25, 0.3) is 5.91 Å². The van der Waals surface area contributed by atoms with Gasteiger partial charge in [0.15, 0.2) is 0 Å². The summed E-state index contributed by atoms with van der Waals surface area (Å²) in [6.45, 7) is 6.97. The maximum atomic E-state index is 15.2. The Kier molecular flexibility index (Phi) is 6.93. The molecule has 2 aliphatic heterocycles. The van der Waals surface area contributed by atoms with Gasteiger partial charge in [-0.2, -0.15) is 0 Å². The van der Waals surface area contributed by atoms with Gasteiger partial charge in [0, 0.05) is 32.7 Å². The van der Waals surface area contributed by atoms with Gasteiger partial charge in [-0.1, -0.05) is 12.1 Å². The van der Waals surface area contributed by atoms with Crippen LogP contribution >= 0.6 is 0 Å². The first kappa shape index (κ1) is 23.9. The smallest absolute Gasteiger partial charge is 0.267 e. The highest BCUT2D eigenvalue weighted by Gasteiger charge is 2.62. The number of piperazine rings is 1. The summed E-state index contributed by atoms with van der Waals surface area (Å²) in [6, 6.07) is 7.93. The number of β-amino-alcohol motifs (C(OH)–C–C–N with tert-alkyl or cyclic N) is 1. The number of carbonyl (C=O) groups excluding carboxylic acids is 2. The molecule has 3 aliphatic rings. The standard InChI is InChI=1S/C24H34FN3O5/c1-16(2)33-21-6-4-3-5-20(21)27-11-9-26(10-12-27)14-18(30)15-28-22(31)19-13-17(29)7-8-24(19,25)23(28)32/h3-6,16-19,29-30H,7-15H2,1-2H3. The molecule has 4 unspecified atom stereocenters. The van der Waals surface area contributed by atoms with Crippen LogP contribution in [0.3, 0.4) is 0 Å². The molecule has 3 fully saturated rings. The van der Waals surface area contributed by atoms with Crippen LogP contribution in [-0.4, -0.2) is 95.1 Å². The monoisotopic (exact) mass is 463 g/mol. The normalized spacial score (nSPS) is 29.5. The van der Waals surface area contributed by atoms with E-state index in [0.29, 0.717) is 19.6 Å². The van der Waals surface area contributed by atoms with Crippen LogP contribution in [0.15, 0.2) is 24.3 Å². The summed E-state index contributed by atoms with van der Waals surface area (Å²) in [4.78, 5) is 30.5. The van der Waals surface area contributed by atoms with Crippen LogP contribution in [0, 0.1) is 5.92 Å². The third-order valence-electron chi connectivity index (χ3n) is 6.87. The fraction of sp³-hybridized carbons (Fsp3) is 0.667. The largest absolute Gasteiger partial charge is 0.489 e. The van der Waals surface area contributed by atoms with E-state index in [1.54, 1.807) is 0 Å². The predicted molar refractivity (Wildman–Crippen MR) is 121 cm³/mol. The van der Waals surface area contributed by atoms with Crippen molar-refractivity contribution in [2.75, 3.05) is 44.2 Å². The van der Waals surface area contributed by atoms with Crippen molar-refractivity contribution < 1.29 is 28.9 Å². The number of rotatable bonds is 7. The second kappa shape index (κ2) is 9.56. The van der Waals surface area contributed by atoms with Crippen molar-refractivity contribution in [3.05, 3.63) is 24.3 Å². The highest BCUT2D eigenvalue weighted by molar-refractivity contribution is 6.09. The van der Waals surface area contributed by atoms with E-state index in [-0.39, 0.29) is 31.9 Å². The van der Waals surface area contributed by atoms with Crippen LogP contribution in [0.1, 0.15) is 33.1 Å². The van der Waals surface area contributed by atoms with Crippen LogP contribution in [0.2, 0.25) is 0 Å². The molecule has 0 radical (unpaired) electrons. The number of aliphatic hydroxyl groups excluding tert-OH is 2. The maximum absolute atomic E-state index is 15.2. The number of nitrogens with zero attached hydrogens (tertiary/aromatic N) is 3. The molecule has 2 amide bonds. The van der Waals surface area contributed by atoms with Crippen LogP contribution in [-0.2, 0) is 9.59 Å². The molecule has 2 N–H and O–H groups in total. The van der Waals surface area contributed by atoms with Crippen molar-refractivity contribution >= 4 is 17.5 Å². The Hall–Kier alpha value is -2.23. The molecule has 182 valence electrons. The van der Waals surface area contributed by atoms with Crippen molar-refractivity contribution in [2.45, 2.75) is 57.1 Å². The van der Waals surface area contributed by atoms with Crippen LogP contribution < -0.4 is 9.64 Å². The number of hydrogen-bond acceptors (Lipinski definition) is 7. The van der Waals surface area contributed by atoms with E-state index >= 15 is 4.39 Å². The molecule has 1 aromatic carbocycles. The molecule has 0 spiro atoms.